The maximum Gasteiger partial charge on any atom is 0.338 e. The van der Waals surface area contributed by atoms with Crippen LogP contribution in [0.25, 0.3) is 0 Å². The lowest BCUT2D eigenvalue weighted by atomic mass is 10.1. The molecule has 0 aromatic heterocycles. The van der Waals surface area contributed by atoms with Gasteiger partial charge in [-0.3, -0.25) is 0 Å². The van der Waals surface area contributed by atoms with Crippen LogP contribution in [0, 0.1) is 6.92 Å². The van der Waals surface area contributed by atoms with Crippen LogP contribution >= 0.6 is 0 Å². The van der Waals surface area contributed by atoms with Crippen molar-refractivity contribution in [2.75, 3.05) is 40.5 Å². The molecule has 0 amide bonds. The Morgan fingerprint density at radius 2 is 1.91 bits per heavy atom. The van der Waals surface area contributed by atoms with E-state index in [4.69, 9.17) is 4.74 Å². The number of ether oxygens (including phenoxy) is 2. The second-order valence-electron chi connectivity index (χ2n) is 4.61. The summed E-state index contributed by atoms with van der Waals surface area (Å²) in [6.07, 6.45) is 0. The third-order valence-corrected chi connectivity index (χ3v) is 4.45. The van der Waals surface area contributed by atoms with Gasteiger partial charge in [0.15, 0.2) is 0 Å². The van der Waals surface area contributed by atoms with E-state index in [1.54, 1.807) is 14.0 Å². The molecule has 0 aliphatic rings. The lowest BCUT2D eigenvalue weighted by Crippen LogP contribution is -2.33. The average molecular weight is 330 g/mol. The minimum absolute atomic E-state index is 0.120. The number of methoxy groups -OCH3 is 2. The number of hydrogen-bond acceptors (Lipinski definition) is 6. The van der Waals surface area contributed by atoms with Gasteiger partial charge in [-0.05, 0) is 30.7 Å². The number of carbonyl (C=O) groups is 1. The summed E-state index contributed by atoms with van der Waals surface area (Å²) >= 11 is 0. The molecule has 0 saturated carbocycles. The number of nitrogens with one attached hydrogen (secondary N) is 2. The minimum atomic E-state index is -3.60. The smallest absolute Gasteiger partial charge is 0.338 e. The Bertz CT molecular complexity index is 601. The SMILES string of the molecule is COCCNCCNS(=O)(=O)c1ccc(C(=O)OC)c(C)c1. The highest BCUT2D eigenvalue weighted by Gasteiger charge is 2.16. The van der Waals surface area contributed by atoms with Crippen LogP contribution in [0.2, 0.25) is 0 Å². The Morgan fingerprint density at radius 3 is 2.50 bits per heavy atom. The second kappa shape index (κ2) is 8.84. The van der Waals surface area contributed by atoms with Crippen molar-refractivity contribution >= 4 is 16.0 Å². The van der Waals surface area contributed by atoms with Crippen LogP contribution in [0.3, 0.4) is 0 Å². The normalized spacial score (nSPS) is 11.4. The van der Waals surface area contributed by atoms with Crippen LogP contribution in [-0.2, 0) is 19.5 Å². The molecule has 0 fully saturated rings. The zero-order chi connectivity index (χ0) is 16.6. The highest BCUT2D eigenvalue weighted by atomic mass is 32.2. The van der Waals surface area contributed by atoms with Gasteiger partial charge in [0.05, 0.1) is 24.2 Å². The molecule has 0 bridgehead atoms. The van der Waals surface area contributed by atoms with Gasteiger partial charge in [-0.1, -0.05) is 0 Å². The van der Waals surface area contributed by atoms with Crippen molar-refractivity contribution in [2.45, 2.75) is 11.8 Å². The van der Waals surface area contributed by atoms with Gasteiger partial charge < -0.3 is 14.8 Å². The molecular weight excluding hydrogens is 308 g/mol. The van der Waals surface area contributed by atoms with Gasteiger partial charge in [0.1, 0.15) is 0 Å². The second-order valence-corrected chi connectivity index (χ2v) is 6.38. The summed E-state index contributed by atoms with van der Waals surface area (Å²) in [4.78, 5) is 11.6. The van der Waals surface area contributed by atoms with E-state index in [9.17, 15) is 13.2 Å². The van der Waals surface area contributed by atoms with E-state index >= 15 is 0 Å². The third kappa shape index (κ3) is 5.38. The molecular formula is C14H22N2O5S. The fraction of sp³-hybridized carbons (Fsp3) is 0.500. The van der Waals surface area contributed by atoms with Crippen molar-refractivity contribution < 1.29 is 22.7 Å². The Hall–Kier alpha value is -1.48. The van der Waals surface area contributed by atoms with Gasteiger partial charge in [0.25, 0.3) is 0 Å². The van der Waals surface area contributed by atoms with E-state index in [1.807, 2.05) is 0 Å². The Labute approximate surface area is 131 Å². The zero-order valence-electron chi connectivity index (χ0n) is 13.0. The molecule has 8 heteroatoms. The van der Waals surface area contributed by atoms with Crippen molar-refractivity contribution in [3.63, 3.8) is 0 Å². The molecule has 1 rings (SSSR count). The fourth-order valence-electron chi connectivity index (χ4n) is 1.80. The first-order valence-electron chi connectivity index (χ1n) is 6.80. The van der Waals surface area contributed by atoms with E-state index in [-0.39, 0.29) is 11.4 Å². The van der Waals surface area contributed by atoms with Gasteiger partial charge in [0.2, 0.25) is 10.0 Å². The van der Waals surface area contributed by atoms with E-state index in [0.717, 1.165) is 0 Å². The molecule has 1 aromatic rings. The van der Waals surface area contributed by atoms with Crippen LogP contribution in [-0.4, -0.2) is 54.8 Å². The zero-order valence-corrected chi connectivity index (χ0v) is 13.8. The molecule has 124 valence electrons. The maximum atomic E-state index is 12.1. The van der Waals surface area contributed by atoms with Crippen LogP contribution in [0.4, 0.5) is 0 Å². The van der Waals surface area contributed by atoms with Crippen molar-refractivity contribution in [1.82, 2.24) is 10.0 Å². The van der Waals surface area contributed by atoms with Crippen LogP contribution in [0.1, 0.15) is 15.9 Å². The molecule has 0 aliphatic heterocycles. The van der Waals surface area contributed by atoms with Crippen molar-refractivity contribution in [2.24, 2.45) is 0 Å². The molecule has 7 nitrogen and oxygen atoms in total. The summed E-state index contributed by atoms with van der Waals surface area (Å²) in [6.45, 7) is 3.66. The lowest BCUT2D eigenvalue weighted by molar-refractivity contribution is 0.0600. The first kappa shape index (κ1) is 18.6. The summed E-state index contributed by atoms with van der Waals surface area (Å²) in [5, 5.41) is 3.04. The monoisotopic (exact) mass is 330 g/mol. The number of carbonyl (C=O) groups excluding carboxylic acids is 1. The molecule has 0 heterocycles. The minimum Gasteiger partial charge on any atom is -0.465 e. The summed E-state index contributed by atoms with van der Waals surface area (Å²) in [7, 11) is -0.714. The summed E-state index contributed by atoms with van der Waals surface area (Å²) in [5.41, 5.74) is 0.899. The topological polar surface area (TPSA) is 93.7 Å². The molecule has 0 unspecified atom stereocenters. The molecule has 0 saturated heterocycles. The highest BCUT2D eigenvalue weighted by molar-refractivity contribution is 7.89. The largest absolute Gasteiger partial charge is 0.465 e. The Kier molecular flexibility index (Phi) is 7.46. The molecule has 1 aromatic carbocycles. The Balaban J connectivity index is 2.65. The predicted octanol–water partition coefficient (Wildman–Crippen LogP) is 0.296. The van der Waals surface area contributed by atoms with Crippen LogP contribution in [0.15, 0.2) is 23.1 Å². The predicted molar refractivity (Wildman–Crippen MR) is 82.5 cm³/mol. The van der Waals surface area contributed by atoms with E-state index in [2.05, 4.69) is 14.8 Å². The van der Waals surface area contributed by atoms with Crippen molar-refractivity contribution in [3.05, 3.63) is 29.3 Å². The molecule has 0 radical (unpaired) electrons. The highest BCUT2D eigenvalue weighted by Crippen LogP contribution is 2.16. The van der Waals surface area contributed by atoms with Gasteiger partial charge >= 0.3 is 5.97 Å². The van der Waals surface area contributed by atoms with E-state index < -0.39 is 16.0 Å². The molecule has 0 spiro atoms. The number of rotatable bonds is 9. The first-order valence-corrected chi connectivity index (χ1v) is 8.29. The molecule has 22 heavy (non-hydrogen) atoms. The maximum absolute atomic E-state index is 12.1. The van der Waals surface area contributed by atoms with Crippen LogP contribution in [0.5, 0.6) is 0 Å². The van der Waals surface area contributed by atoms with Gasteiger partial charge in [-0.25, -0.2) is 17.9 Å². The van der Waals surface area contributed by atoms with E-state index in [1.165, 1.54) is 25.3 Å². The number of esters is 1. The number of aryl methyl sites for hydroxylation is 1. The summed E-state index contributed by atoms with van der Waals surface area (Å²) in [5.74, 6) is -0.489. The first-order chi connectivity index (χ1) is 10.4. The third-order valence-electron chi connectivity index (χ3n) is 2.99. The summed E-state index contributed by atoms with van der Waals surface area (Å²) < 4.78 is 36.3. The van der Waals surface area contributed by atoms with Gasteiger partial charge in [-0.2, -0.15) is 0 Å². The average Bonchev–Trinajstić information content (AvgIpc) is 2.49. The number of benzene rings is 1. The van der Waals surface area contributed by atoms with Gasteiger partial charge in [0, 0.05) is 26.7 Å². The Morgan fingerprint density at radius 1 is 1.18 bits per heavy atom. The standard InChI is InChI=1S/C14H22N2O5S/c1-11-10-12(4-5-13(11)14(17)21-3)22(18,19)16-7-6-15-8-9-20-2/h4-5,10,15-16H,6-9H2,1-3H3. The van der Waals surface area contributed by atoms with Gasteiger partial charge in [-0.15, -0.1) is 0 Å². The van der Waals surface area contributed by atoms with Crippen LogP contribution < -0.4 is 10.0 Å². The lowest BCUT2D eigenvalue weighted by Gasteiger charge is -2.10. The number of hydrogen-bond donors (Lipinski definition) is 2. The fourth-order valence-corrected chi connectivity index (χ4v) is 2.92. The summed E-state index contributed by atoms with van der Waals surface area (Å²) in [6, 6.07) is 4.29. The van der Waals surface area contributed by atoms with Crippen molar-refractivity contribution in [1.29, 1.82) is 0 Å². The quantitative estimate of drug-likeness (QED) is 0.499. The molecule has 0 aliphatic carbocycles. The molecule has 2 N–H and O–H groups in total. The molecule has 0 atom stereocenters. The van der Waals surface area contributed by atoms with E-state index in [0.29, 0.717) is 30.8 Å². The number of sulfonamides is 1. The van der Waals surface area contributed by atoms with Crippen molar-refractivity contribution in [3.8, 4) is 0 Å².